The first kappa shape index (κ1) is 79.8. The van der Waals surface area contributed by atoms with E-state index in [0.29, 0.717) is 17.4 Å². The van der Waals surface area contributed by atoms with Gasteiger partial charge in [-0.15, -0.1) is 0 Å². The molecule has 0 aromatic heterocycles. The molecular formula is C71H141NO8P+. The quantitative estimate of drug-likeness (QED) is 0.0211. The minimum atomic E-state index is -4.39. The molecule has 0 amide bonds. The largest absolute Gasteiger partial charge is 0.472 e. The van der Waals surface area contributed by atoms with Crippen LogP contribution in [0.2, 0.25) is 0 Å². The van der Waals surface area contributed by atoms with E-state index in [9.17, 15) is 19.0 Å². The number of hydrogen-bond donors (Lipinski definition) is 1. The van der Waals surface area contributed by atoms with Gasteiger partial charge >= 0.3 is 19.8 Å². The van der Waals surface area contributed by atoms with Gasteiger partial charge in [-0.2, -0.15) is 0 Å². The van der Waals surface area contributed by atoms with Crippen LogP contribution in [0.5, 0.6) is 0 Å². The van der Waals surface area contributed by atoms with Crippen molar-refractivity contribution in [3.63, 3.8) is 0 Å². The summed E-state index contributed by atoms with van der Waals surface area (Å²) < 4.78 is 34.8. The maximum atomic E-state index is 12.9. The summed E-state index contributed by atoms with van der Waals surface area (Å²) in [5, 5.41) is 0. The lowest BCUT2D eigenvalue weighted by Crippen LogP contribution is -2.37. The van der Waals surface area contributed by atoms with E-state index in [1.165, 1.54) is 315 Å². The predicted molar refractivity (Wildman–Crippen MR) is 349 cm³/mol. The molecule has 2 atom stereocenters. The first-order valence-corrected chi connectivity index (χ1v) is 37.4. The monoisotopic (exact) mass is 1170 g/mol. The number of carbonyl (C=O) groups is 2. The zero-order chi connectivity index (χ0) is 59.1. The van der Waals surface area contributed by atoms with Crippen molar-refractivity contribution in [3.8, 4) is 0 Å². The van der Waals surface area contributed by atoms with E-state index in [0.717, 1.165) is 38.5 Å². The van der Waals surface area contributed by atoms with Crippen molar-refractivity contribution in [1.82, 2.24) is 0 Å². The normalized spacial score (nSPS) is 13.1. The highest BCUT2D eigenvalue weighted by molar-refractivity contribution is 7.47. The van der Waals surface area contributed by atoms with E-state index < -0.39 is 26.5 Å². The zero-order valence-electron chi connectivity index (χ0n) is 55.1. The smallest absolute Gasteiger partial charge is 0.462 e. The third kappa shape index (κ3) is 67.7. The Morgan fingerprint density at radius 2 is 0.630 bits per heavy atom. The number of esters is 2. The Morgan fingerprint density at radius 1 is 0.370 bits per heavy atom. The van der Waals surface area contributed by atoms with Crippen LogP contribution in [0.15, 0.2) is 12.2 Å². The number of rotatable bonds is 68. The Bertz CT molecular complexity index is 1370. The number of quaternary nitrogens is 1. The topological polar surface area (TPSA) is 108 Å². The van der Waals surface area contributed by atoms with Crippen LogP contribution in [0, 0.1) is 0 Å². The Kier molecular flexibility index (Phi) is 62.3. The number of allylic oxidation sites excluding steroid dienone is 2. The van der Waals surface area contributed by atoms with Gasteiger partial charge in [0.15, 0.2) is 6.10 Å². The second-order valence-corrected chi connectivity index (χ2v) is 27.4. The molecule has 482 valence electrons. The van der Waals surface area contributed by atoms with Crippen molar-refractivity contribution in [2.75, 3.05) is 47.5 Å². The predicted octanol–water partition coefficient (Wildman–Crippen LogP) is 23.1. The molecule has 0 rings (SSSR count). The van der Waals surface area contributed by atoms with Crippen LogP contribution in [0.25, 0.3) is 0 Å². The van der Waals surface area contributed by atoms with Crippen molar-refractivity contribution < 1.29 is 42.1 Å². The van der Waals surface area contributed by atoms with Gasteiger partial charge in [0.1, 0.15) is 19.8 Å². The Hall–Kier alpha value is -1.25. The fraction of sp³-hybridized carbons (Fsp3) is 0.944. The number of likely N-dealkylation sites (N-methyl/N-ethyl adjacent to an activating group) is 1. The summed E-state index contributed by atoms with van der Waals surface area (Å²) in [4.78, 5) is 35.9. The SMILES string of the molecule is CCCCCCCCCC/C=C\CCCCCCCCCCCCCCCCCCCCCC(=O)OC(COC(=O)CCCCCCCCCCCCCCCCCCCCCCCCCCCC)COP(=O)(O)OCC[N+](C)(C)C. The third-order valence-electron chi connectivity index (χ3n) is 16.5. The molecule has 0 aliphatic heterocycles. The van der Waals surface area contributed by atoms with E-state index in [1.54, 1.807) is 0 Å². The van der Waals surface area contributed by atoms with Gasteiger partial charge in [0, 0.05) is 12.8 Å². The molecular weight excluding hydrogens is 1030 g/mol. The third-order valence-corrected chi connectivity index (χ3v) is 17.5. The van der Waals surface area contributed by atoms with Gasteiger partial charge in [-0.25, -0.2) is 4.57 Å². The highest BCUT2D eigenvalue weighted by Gasteiger charge is 2.27. The Balaban J connectivity index is 3.97. The molecule has 0 spiro atoms. The summed E-state index contributed by atoms with van der Waals surface area (Å²) in [5.41, 5.74) is 0. The van der Waals surface area contributed by atoms with Crippen molar-refractivity contribution in [1.29, 1.82) is 0 Å². The summed E-state index contributed by atoms with van der Waals surface area (Å²) >= 11 is 0. The van der Waals surface area contributed by atoms with Crippen LogP contribution < -0.4 is 0 Å². The Morgan fingerprint density at radius 3 is 0.914 bits per heavy atom. The van der Waals surface area contributed by atoms with Gasteiger partial charge in [0.25, 0.3) is 0 Å². The minimum Gasteiger partial charge on any atom is -0.462 e. The molecule has 0 bridgehead atoms. The number of nitrogens with zero attached hydrogens (tertiary/aromatic N) is 1. The number of phosphoric acid groups is 1. The van der Waals surface area contributed by atoms with Gasteiger partial charge in [-0.05, 0) is 38.5 Å². The van der Waals surface area contributed by atoms with Crippen molar-refractivity contribution >= 4 is 19.8 Å². The number of ether oxygens (including phenoxy) is 2. The summed E-state index contributed by atoms with van der Waals surface area (Å²) in [7, 11) is 1.50. The number of phosphoric ester groups is 1. The molecule has 10 heteroatoms. The average Bonchev–Trinajstić information content (AvgIpc) is 3.43. The first-order valence-electron chi connectivity index (χ1n) is 35.9. The Labute approximate surface area is 505 Å². The molecule has 0 aromatic rings. The van der Waals surface area contributed by atoms with Crippen LogP contribution in [-0.2, 0) is 32.7 Å². The van der Waals surface area contributed by atoms with Crippen LogP contribution >= 0.6 is 7.82 Å². The summed E-state index contributed by atoms with van der Waals surface area (Å²) in [6.45, 7) is 4.52. The maximum absolute atomic E-state index is 12.9. The maximum Gasteiger partial charge on any atom is 0.472 e. The molecule has 81 heavy (non-hydrogen) atoms. The lowest BCUT2D eigenvalue weighted by molar-refractivity contribution is -0.870. The molecule has 0 aliphatic carbocycles. The standard InChI is InChI=1S/C71H140NO8P/c1-6-8-10-12-14-16-18-20-22-24-26-28-30-32-34-35-36-37-38-40-42-44-46-48-50-52-54-56-58-60-62-64-71(74)80-69(68-79-81(75,76)78-66-65-72(3,4)5)67-77-70(73)63-61-59-57-55-53-51-49-47-45-43-41-39-33-31-29-27-25-23-21-19-17-15-13-11-9-7-2/h24,26,69H,6-23,25,27-68H2,1-5H3/p+1/b26-24-. The zero-order valence-corrected chi connectivity index (χ0v) is 56.0. The van der Waals surface area contributed by atoms with Gasteiger partial charge in [0.05, 0.1) is 27.7 Å². The van der Waals surface area contributed by atoms with E-state index in [4.69, 9.17) is 18.5 Å². The average molecular weight is 1170 g/mol. The fourth-order valence-corrected chi connectivity index (χ4v) is 11.8. The highest BCUT2D eigenvalue weighted by atomic mass is 31.2. The fourth-order valence-electron chi connectivity index (χ4n) is 11.0. The first-order chi connectivity index (χ1) is 39.5. The minimum absolute atomic E-state index is 0.0367. The van der Waals surface area contributed by atoms with Crippen molar-refractivity contribution in [2.45, 2.75) is 386 Å². The molecule has 0 fully saturated rings. The van der Waals surface area contributed by atoms with Gasteiger partial charge in [-0.1, -0.05) is 341 Å². The van der Waals surface area contributed by atoms with Crippen LogP contribution in [0.3, 0.4) is 0 Å². The van der Waals surface area contributed by atoms with Gasteiger partial charge < -0.3 is 18.9 Å². The number of carbonyl (C=O) groups excluding carboxylic acids is 2. The second kappa shape index (κ2) is 63.3. The lowest BCUT2D eigenvalue weighted by atomic mass is 10.0. The summed E-state index contributed by atoms with van der Waals surface area (Å²) in [6.07, 6.45) is 77.6. The molecule has 0 saturated carbocycles. The van der Waals surface area contributed by atoms with E-state index >= 15 is 0 Å². The number of unbranched alkanes of at least 4 members (excludes halogenated alkanes) is 52. The molecule has 0 saturated heterocycles. The van der Waals surface area contributed by atoms with Gasteiger partial charge in [0.2, 0.25) is 0 Å². The second-order valence-electron chi connectivity index (χ2n) is 26.0. The molecule has 0 aromatic carbocycles. The van der Waals surface area contributed by atoms with Crippen LogP contribution in [0.1, 0.15) is 380 Å². The highest BCUT2D eigenvalue weighted by Crippen LogP contribution is 2.43. The van der Waals surface area contributed by atoms with E-state index in [2.05, 4.69) is 26.0 Å². The van der Waals surface area contributed by atoms with Crippen LogP contribution in [-0.4, -0.2) is 74.9 Å². The molecule has 2 unspecified atom stereocenters. The van der Waals surface area contributed by atoms with Crippen LogP contribution in [0.4, 0.5) is 0 Å². The van der Waals surface area contributed by atoms with Crippen molar-refractivity contribution in [2.24, 2.45) is 0 Å². The van der Waals surface area contributed by atoms with E-state index in [-0.39, 0.29) is 25.6 Å². The summed E-state index contributed by atoms with van der Waals surface area (Å²) in [5.74, 6) is -0.770. The number of hydrogen-bond acceptors (Lipinski definition) is 7. The molecule has 0 radical (unpaired) electrons. The molecule has 0 heterocycles. The molecule has 1 N–H and O–H groups in total. The van der Waals surface area contributed by atoms with E-state index in [1.807, 2.05) is 21.1 Å². The van der Waals surface area contributed by atoms with Gasteiger partial charge in [-0.3, -0.25) is 18.6 Å². The molecule has 9 nitrogen and oxygen atoms in total. The summed E-state index contributed by atoms with van der Waals surface area (Å²) in [6, 6.07) is 0. The lowest BCUT2D eigenvalue weighted by Gasteiger charge is -2.24. The molecule has 0 aliphatic rings. The van der Waals surface area contributed by atoms with Crippen molar-refractivity contribution in [3.05, 3.63) is 12.2 Å².